The van der Waals surface area contributed by atoms with E-state index in [1.54, 1.807) is 7.11 Å². The van der Waals surface area contributed by atoms with Crippen LogP contribution in [0.2, 0.25) is 0 Å². The molecule has 1 aliphatic heterocycles. The van der Waals surface area contributed by atoms with Gasteiger partial charge < -0.3 is 10.5 Å². The van der Waals surface area contributed by atoms with Gasteiger partial charge in [0, 0.05) is 10.8 Å². The predicted molar refractivity (Wildman–Crippen MR) is 70.0 cm³/mol. The van der Waals surface area contributed by atoms with E-state index in [0.29, 0.717) is 0 Å². The van der Waals surface area contributed by atoms with Crippen LogP contribution in [-0.2, 0) is 0 Å². The second-order valence-electron chi connectivity index (χ2n) is 4.52. The van der Waals surface area contributed by atoms with E-state index in [0.717, 1.165) is 5.75 Å². The molecule has 1 aromatic rings. The highest BCUT2D eigenvalue weighted by Crippen LogP contribution is 2.45. The molecule has 3 heteroatoms. The van der Waals surface area contributed by atoms with Gasteiger partial charge in [0.25, 0.3) is 0 Å². The SMILES string of the molecule is COc1ccc(C(N)C2(C)CCCS2)cc1. The molecule has 0 saturated carbocycles. The Hall–Kier alpha value is -0.670. The number of ether oxygens (including phenoxy) is 1. The van der Waals surface area contributed by atoms with Crippen molar-refractivity contribution < 1.29 is 4.74 Å². The Labute approximate surface area is 102 Å². The fourth-order valence-corrected chi connectivity index (χ4v) is 3.57. The molecule has 0 radical (unpaired) electrons. The second-order valence-corrected chi connectivity index (χ2v) is 6.15. The van der Waals surface area contributed by atoms with Gasteiger partial charge in [-0.3, -0.25) is 0 Å². The van der Waals surface area contributed by atoms with E-state index in [9.17, 15) is 0 Å². The van der Waals surface area contributed by atoms with Crippen molar-refractivity contribution in [3.63, 3.8) is 0 Å². The molecule has 2 unspecified atom stereocenters. The van der Waals surface area contributed by atoms with E-state index in [1.165, 1.54) is 24.2 Å². The first-order valence-electron chi connectivity index (χ1n) is 5.69. The van der Waals surface area contributed by atoms with Crippen LogP contribution in [0.1, 0.15) is 31.4 Å². The summed E-state index contributed by atoms with van der Waals surface area (Å²) in [6.07, 6.45) is 2.50. The van der Waals surface area contributed by atoms with Gasteiger partial charge in [-0.2, -0.15) is 11.8 Å². The molecule has 88 valence electrons. The monoisotopic (exact) mass is 237 g/mol. The lowest BCUT2D eigenvalue weighted by Gasteiger charge is -2.30. The van der Waals surface area contributed by atoms with Gasteiger partial charge in [-0.1, -0.05) is 12.1 Å². The molecule has 2 nitrogen and oxygen atoms in total. The highest BCUT2D eigenvalue weighted by Gasteiger charge is 2.36. The van der Waals surface area contributed by atoms with Gasteiger partial charge in [0.1, 0.15) is 5.75 Å². The third-order valence-electron chi connectivity index (χ3n) is 3.38. The van der Waals surface area contributed by atoms with Gasteiger partial charge in [0.15, 0.2) is 0 Å². The van der Waals surface area contributed by atoms with Gasteiger partial charge >= 0.3 is 0 Å². The third-order valence-corrected chi connectivity index (χ3v) is 4.99. The van der Waals surface area contributed by atoms with Gasteiger partial charge in [-0.25, -0.2) is 0 Å². The first-order chi connectivity index (χ1) is 7.65. The molecule has 2 atom stereocenters. The van der Waals surface area contributed by atoms with Gasteiger partial charge in [0.05, 0.1) is 7.11 Å². The average molecular weight is 237 g/mol. The quantitative estimate of drug-likeness (QED) is 0.877. The number of hydrogen-bond acceptors (Lipinski definition) is 3. The van der Waals surface area contributed by atoms with E-state index in [1.807, 2.05) is 23.9 Å². The van der Waals surface area contributed by atoms with Crippen LogP contribution in [0.15, 0.2) is 24.3 Å². The number of benzene rings is 1. The summed E-state index contributed by atoms with van der Waals surface area (Å²) in [5.41, 5.74) is 7.57. The van der Waals surface area contributed by atoms with Crippen molar-refractivity contribution in [3.05, 3.63) is 29.8 Å². The predicted octanol–water partition coefficient (Wildman–Crippen LogP) is 2.98. The summed E-state index contributed by atoms with van der Waals surface area (Å²) in [5.74, 6) is 2.13. The third kappa shape index (κ3) is 2.20. The van der Waals surface area contributed by atoms with Gasteiger partial charge in [-0.15, -0.1) is 0 Å². The van der Waals surface area contributed by atoms with E-state index >= 15 is 0 Å². The van der Waals surface area contributed by atoms with Crippen LogP contribution in [0, 0.1) is 0 Å². The molecule has 1 saturated heterocycles. The second kappa shape index (κ2) is 4.68. The normalized spacial score (nSPS) is 26.7. The van der Waals surface area contributed by atoms with Crippen LogP contribution < -0.4 is 10.5 Å². The molecule has 2 N–H and O–H groups in total. The summed E-state index contributed by atoms with van der Waals surface area (Å²) < 4.78 is 5.36. The standard InChI is InChI=1S/C13H19NOS/c1-13(8-3-9-16-13)12(14)10-4-6-11(15-2)7-5-10/h4-7,12H,3,8-9,14H2,1-2H3. The smallest absolute Gasteiger partial charge is 0.118 e. The molecular weight excluding hydrogens is 218 g/mol. The van der Waals surface area contributed by atoms with Crippen molar-refractivity contribution in [2.45, 2.75) is 30.6 Å². The molecule has 1 fully saturated rings. The minimum atomic E-state index is 0.117. The van der Waals surface area contributed by atoms with Crippen LogP contribution >= 0.6 is 11.8 Å². The topological polar surface area (TPSA) is 35.2 Å². The van der Waals surface area contributed by atoms with Crippen molar-refractivity contribution in [2.24, 2.45) is 5.73 Å². The van der Waals surface area contributed by atoms with E-state index < -0.39 is 0 Å². The summed E-state index contributed by atoms with van der Waals surface area (Å²) in [7, 11) is 1.68. The number of thioether (sulfide) groups is 1. The van der Waals surface area contributed by atoms with Crippen LogP contribution in [0.3, 0.4) is 0 Å². The highest BCUT2D eigenvalue weighted by molar-refractivity contribution is 8.00. The lowest BCUT2D eigenvalue weighted by Crippen LogP contribution is -2.32. The van der Waals surface area contributed by atoms with Crippen LogP contribution in [-0.4, -0.2) is 17.6 Å². The molecule has 1 heterocycles. The molecule has 0 aliphatic carbocycles. The number of methoxy groups -OCH3 is 1. The molecule has 0 bridgehead atoms. The Morgan fingerprint density at radius 2 is 2.06 bits per heavy atom. The molecule has 1 aliphatic rings. The Kier molecular flexibility index (Phi) is 3.45. The number of hydrogen-bond donors (Lipinski definition) is 1. The van der Waals surface area contributed by atoms with Crippen LogP contribution in [0.4, 0.5) is 0 Å². The van der Waals surface area contributed by atoms with Crippen LogP contribution in [0.5, 0.6) is 5.75 Å². The van der Waals surface area contributed by atoms with Gasteiger partial charge in [-0.05, 0) is 43.2 Å². The zero-order valence-electron chi connectivity index (χ0n) is 9.90. The maximum absolute atomic E-state index is 6.36. The van der Waals surface area contributed by atoms with Crippen molar-refractivity contribution in [1.29, 1.82) is 0 Å². The fourth-order valence-electron chi connectivity index (χ4n) is 2.21. The van der Waals surface area contributed by atoms with Crippen molar-refractivity contribution >= 4 is 11.8 Å². The minimum Gasteiger partial charge on any atom is -0.497 e. The fraction of sp³-hybridized carbons (Fsp3) is 0.538. The molecular formula is C13H19NOS. The molecule has 0 spiro atoms. The maximum atomic E-state index is 6.36. The molecule has 0 amide bonds. The lowest BCUT2D eigenvalue weighted by atomic mass is 9.91. The Morgan fingerprint density at radius 1 is 1.38 bits per heavy atom. The van der Waals surface area contributed by atoms with E-state index in [-0.39, 0.29) is 10.8 Å². The first kappa shape index (κ1) is 11.8. The van der Waals surface area contributed by atoms with Crippen molar-refractivity contribution in [3.8, 4) is 5.75 Å². The van der Waals surface area contributed by atoms with Crippen LogP contribution in [0.25, 0.3) is 0 Å². The summed E-state index contributed by atoms with van der Waals surface area (Å²) in [5, 5.41) is 0. The Morgan fingerprint density at radius 3 is 2.56 bits per heavy atom. The first-order valence-corrected chi connectivity index (χ1v) is 6.68. The number of nitrogens with two attached hydrogens (primary N) is 1. The number of rotatable bonds is 3. The maximum Gasteiger partial charge on any atom is 0.118 e. The summed E-state index contributed by atoms with van der Waals surface area (Å²) >= 11 is 2.00. The molecule has 0 aromatic heterocycles. The molecule has 16 heavy (non-hydrogen) atoms. The lowest BCUT2D eigenvalue weighted by molar-refractivity contribution is 0.414. The average Bonchev–Trinajstić information content (AvgIpc) is 2.77. The summed E-state index contributed by atoms with van der Waals surface area (Å²) in [6.45, 7) is 2.28. The highest BCUT2D eigenvalue weighted by atomic mass is 32.2. The minimum absolute atomic E-state index is 0.117. The Bertz CT molecular complexity index is 343. The Balaban J connectivity index is 2.16. The summed E-state index contributed by atoms with van der Waals surface area (Å²) in [6, 6.07) is 8.24. The van der Waals surface area contributed by atoms with E-state index in [2.05, 4.69) is 19.1 Å². The largest absolute Gasteiger partial charge is 0.497 e. The van der Waals surface area contributed by atoms with Crippen molar-refractivity contribution in [2.75, 3.05) is 12.9 Å². The van der Waals surface area contributed by atoms with Crippen molar-refractivity contribution in [1.82, 2.24) is 0 Å². The zero-order valence-corrected chi connectivity index (χ0v) is 10.7. The zero-order chi connectivity index (χ0) is 11.6. The summed E-state index contributed by atoms with van der Waals surface area (Å²) in [4.78, 5) is 0. The van der Waals surface area contributed by atoms with E-state index in [4.69, 9.17) is 10.5 Å². The van der Waals surface area contributed by atoms with Gasteiger partial charge in [0.2, 0.25) is 0 Å². The molecule has 2 rings (SSSR count). The molecule has 1 aromatic carbocycles.